The highest BCUT2D eigenvalue weighted by atomic mass is 35.5. The molecule has 1 aromatic carbocycles. The number of aliphatic hydroxyl groups is 1. The Morgan fingerprint density at radius 2 is 2.12 bits per heavy atom. The molecular weight excluding hydrogens is 464 g/mol. The van der Waals surface area contributed by atoms with Crippen molar-refractivity contribution in [2.45, 2.75) is 26.2 Å². The van der Waals surface area contributed by atoms with E-state index in [-0.39, 0.29) is 17.4 Å². The topological polar surface area (TPSA) is 119 Å². The van der Waals surface area contributed by atoms with E-state index in [9.17, 15) is 9.90 Å². The number of fused-ring (bicyclic) bond motifs is 1. The number of thiazole rings is 1. The summed E-state index contributed by atoms with van der Waals surface area (Å²) in [5.41, 5.74) is 9.15. The van der Waals surface area contributed by atoms with Crippen molar-refractivity contribution >= 4 is 34.5 Å². The van der Waals surface area contributed by atoms with Crippen molar-refractivity contribution in [2.75, 3.05) is 14.1 Å². The molecular formula is C22H23ClN6O3S. The van der Waals surface area contributed by atoms with Gasteiger partial charge in [0.05, 0.1) is 24.7 Å². The lowest BCUT2D eigenvalue weighted by atomic mass is 10.1. The maximum atomic E-state index is 12.1. The van der Waals surface area contributed by atoms with Crippen LogP contribution in [0.25, 0.3) is 16.3 Å². The highest BCUT2D eigenvalue weighted by Crippen LogP contribution is 2.36. The molecule has 172 valence electrons. The number of hydrogen-bond acceptors (Lipinski definition) is 8. The summed E-state index contributed by atoms with van der Waals surface area (Å²) >= 11 is 7.62. The number of hydrogen-bond donors (Lipinski definition) is 2. The zero-order valence-electron chi connectivity index (χ0n) is 18.3. The number of imidazole rings is 1. The number of nitrogens with zero attached hydrogens (tertiary/aromatic N) is 5. The summed E-state index contributed by atoms with van der Waals surface area (Å²) in [7, 11) is 3.98. The third kappa shape index (κ3) is 4.83. The second-order valence-corrected chi connectivity index (χ2v) is 9.19. The lowest BCUT2D eigenvalue weighted by molar-refractivity contribution is 0.0997. The summed E-state index contributed by atoms with van der Waals surface area (Å²) in [5, 5.41) is 10.5. The van der Waals surface area contributed by atoms with E-state index in [1.54, 1.807) is 23.0 Å². The van der Waals surface area contributed by atoms with Crippen molar-refractivity contribution in [3.8, 4) is 16.6 Å². The van der Waals surface area contributed by atoms with Crippen LogP contribution in [0.1, 0.15) is 39.5 Å². The molecule has 0 saturated carbocycles. The predicted octanol–water partition coefficient (Wildman–Crippen LogP) is 3.30. The van der Waals surface area contributed by atoms with Crippen LogP contribution in [0.15, 0.2) is 36.8 Å². The molecule has 11 heteroatoms. The molecule has 0 spiro atoms. The number of benzene rings is 1. The van der Waals surface area contributed by atoms with E-state index in [0.717, 1.165) is 29.0 Å². The molecule has 33 heavy (non-hydrogen) atoms. The van der Waals surface area contributed by atoms with Gasteiger partial charge in [0.25, 0.3) is 5.91 Å². The molecule has 1 amide bonds. The normalized spacial score (nSPS) is 12.4. The van der Waals surface area contributed by atoms with Crippen LogP contribution in [0.5, 0.6) is 5.88 Å². The Hall–Kier alpha value is -3.05. The van der Waals surface area contributed by atoms with Gasteiger partial charge in [0.2, 0.25) is 5.88 Å². The molecule has 0 saturated heterocycles. The zero-order valence-corrected chi connectivity index (χ0v) is 19.9. The Kier molecular flexibility index (Phi) is 6.61. The van der Waals surface area contributed by atoms with Crippen molar-refractivity contribution in [2.24, 2.45) is 5.73 Å². The molecule has 0 aliphatic heterocycles. The molecule has 0 radical (unpaired) electrons. The van der Waals surface area contributed by atoms with E-state index in [2.05, 4.69) is 19.9 Å². The Balaban J connectivity index is 1.66. The number of aliphatic hydroxyl groups excluding tert-OH is 1. The molecule has 4 rings (SSSR count). The van der Waals surface area contributed by atoms with E-state index in [1.807, 2.05) is 39.2 Å². The first-order valence-corrected chi connectivity index (χ1v) is 11.3. The molecule has 3 N–H and O–H groups in total. The summed E-state index contributed by atoms with van der Waals surface area (Å²) < 4.78 is 7.80. The van der Waals surface area contributed by atoms with E-state index in [0.29, 0.717) is 27.1 Å². The van der Waals surface area contributed by atoms with Gasteiger partial charge >= 0.3 is 0 Å². The molecule has 0 aliphatic rings. The highest BCUT2D eigenvalue weighted by Gasteiger charge is 2.23. The fourth-order valence-electron chi connectivity index (χ4n) is 3.42. The van der Waals surface area contributed by atoms with Gasteiger partial charge in [-0.05, 0) is 32.6 Å². The molecule has 9 nitrogen and oxygen atoms in total. The smallest absolute Gasteiger partial charge is 0.264 e. The van der Waals surface area contributed by atoms with Crippen LogP contribution in [0.3, 0.4) is 0 Å². The van der Waals surface area contributed by atoms with Crippen LogP contribution < -0.4 is 10.5 Å². The molecule has 0 unspecified atom stereocenters. The number of carbonyl (C=O) groups excluding carboxylic acids is 1. The molecule has 1 atom stereocenters. The minimum Gasteiger partial charge on any atom is -0.469 e. The quantitative estimate of drug-likeness (QED) is 0.392. The Morgan fingerprint density at radius 3 is 2.79 bits per heavy atom. The first kappa shape index (κ1) is 23.1. The highest BCUT2D eigenvalue weighted by molar-refractivity contribution is 7.17. The number of nitrogens with two attached hydrogens (primary N) is 1. The third-order valence-electron chi connectivity index (χ3n) is 4.94. The van der Waals surface area contributed by atoms with Gasteiger partial charge in [-0.3, -0.25) is 14.2 Å². The van der Waals surface area contributed by atoms with Crippen LogP contribution >= 0.6 is 22.9 Å². The SMILES string of the molecule is C[C@@H](Oc1nc(-c2cnc3cnc(CO)cn23)sc1C(N)=O)c1ccc(CN(C)C)cc1Cl. The van der Waals surface area contributed by atoms with Crippen molar-refractivity contribution in [1.82, 2.24) is 24.3 Å². The van der Waals surface area contributed by atoms with E-state index >= 15 is 0 Å². The second-order valence-electron chi connectivity index (χ2n) is 7.78. The largest absolute Gasteiger partial charge is 0.469 e. The van der Waals surface area contributed by atoms with E-state index in [4.69, 9.17) is 22.1 Å². The minimum atomic E-state index is -0.639. The average Bonchev–Trinajstić information content (AvgIpc) is 3.36. The summed E-state index contributed by atoms with van der Waals surface area (Å²) in [5.74, 6) is -0.505. The lowest BCUT2D eigenvalue weighted by Gasteiger charge is -2.17. The molecule has 3 aromatic heterocycles. The van der Waals surface area contributed by atoms with Gasteiger partial charge in [-0.1, -0.05) is 23.7 Å². The standard InChI is InChI=1S/C22H23ClN6O3S/c1-12(15-5-4-13(6-16(15)23)9-28(2)3)32-21-19(20(24)31)33-22(27-21)17-7-26-18-8-25-14(11-30)10-29(17)18/h4-8,10,12,30H,9,11H2,1-3H3,(H2,24,31)/t12-/m1/s1. The fraction of sp³-hybridized carbons (Fsp3) is 0.273. The number of amides is 1. The van der Waals surface area contributed by atoms with Crippen molar-refractivity contribution in [3.63, 3.8) is 0 Å². The molecule has 0 bridgehead atoms. The number of rotatable bonds is 8. The van der Waals surface area contributed by atoms with Gasteiger partial charge < -0.3 is 20.5 Å². The van der Waals surface area contributed by atoms with Crippen LogP contribution in [-0.4, -0.2) is 49.4 Å². The summed E-state index contributed by atoms with van der Waals surface area (Å²) in [6, 6.07) is 5.81. The summed E-state index contributed by atoms with van der Waals surface area (Å²) in [6.45, 7) is 2.39. The van der Waals surface area contributed by atoms with Crippen LogP contribution in [0.2, 0.25) is 5.02 Å². The van der Waals surface area contributed by atoms with Gasteiger partial charge in [-0.2, -0.15) is 4.98 Å². The van der Waals surface area contributed by atoms with Gasteiger partial charge in [0, 0.05) is 23.3 Å². The van der Waals surface area contributed by atoms with Crippen LogP contribution in [-0.2, 0) is 13.2 Å². The molecule has 4 aromatic rings. The first-order valence-electron chi connectivity index (χ1n) is 10.1. The number of halogens is 1. The second kappa shape index (κ2) is 9.44. The van der Waals surface area contributed by atoms with Crippen molar-refractivity contribution in [1.29, 1.82) is 0 Å². The van der Waals surface area contributed by atoms with E-state index < -0.39 is 12.0 Å². The maximum Gasteiger partial charge on any atom is 0.264 e. The summed E-state index contributed by atoms with van der Waals surface area (Å²) in [6.07, 6.45) is 4.38. The molecule has 0 aliphatic carbocycles. The van der Waals surface area contributed by atoms with Gasteiger partial charge in [-0.25, -0.2) is 4.98 Å². The number of ether oxygens (including phenoxy) is 1. The lowest BCUT2D eigenvalue weighted by Crippen LogP contribution is -2.13. The van der Waals surface area contributed by atoms with Crippen LogP contribution in [0.4, 0.5) is 0 Å². The number of aromatic nitrogens is 4. The monoisotopic (exact) mass is 486 g/mol. The average molecular weight is 487 g/mol. The van der Waals surface area contributed by atoms with Crippen LogP contribution in [0, 0.1) is 0 Å². The Bertz CT molecular complexity index is 1320. The number of carbonyl (C=O) groups is 1. The molecule has 0 fully saturated rings. The first-order chi connectivity index (χ1) is 15.8. The Labute approximate surface area is 199 Å². The third-order valence-corrected chi connectivity index (χ3v) is 6.34. The number of primary amides is 1. The summed E-state index contributed by atoms with van der Waals surface area (Å²) in [4.78, 5) is 27.3. The molecule has 3 heterocycles. The van der Waals surface area contributed by atoms with Gasteiger partial charge in [0.1, 0.15) is 16.8 Å². The van der Waals surface area contributed by atoms with Crippen molar-refractivity contribution < 1.29 is 14.6 Å². The zero-order chi connectivity index (χ0) is 23.7. The van der Waals surface area contributed by atoms with Gasteiger partial charge in [0.15, 0.2) is 10.5 Å². The minimum absolute atomic E-state index is 0.134. The Morgan fingerprint density at radius 1 is 1.33 bits per heavy atom. The maximum absolute atomic E-state index is 12.1. The fourth-order valence-corrected chi connectivity index (χ4v) is 4.63. The van der Waals surface area contributed by atoms with E-state index in [1.165, 1.54) is 0 Å². The van der Waals surface area contributed by atoms with Gasteiger partial charge in [-0.15, -0.1) is 11.3 Å². The van der Waals surface area contributed by atoms with Crippen molar-refractivity contribution in [3.05, 3.63) is 63.5 Å². The predicted molar refractivity (Wildman–Crippen MR) is 126 cm³/mol.